The van der Waals surface area contributed by atoms with E-state index >= 15 is 0 Å². The summed E-state index contributed by atoms with van der Waals surface area (Å²) in [6.45, 7) is 0. The first-order valence-corrected chi connectivity index (χ1v) is 21.3. The van der Waals surface area contributed by atoms with E-state index < -0.39 is 0 Å². The van der Waals surface area contributed by atoms with E-state index in [2.05, 4.69) is 203 Å². The molecule has 3 heterocycles. The van der Waals surface area contributed by atoms with Gasteiger partial charge in [-0.25, -0.2) is 4.98 Å². The van der Waals surface area contributed by atoms with Gasteiger partial charge >= 0.3 is 0 Å². The summed E-state index contributed by atoms with van der Waals surface area (Å²) in [5.74, 6) is 1.79. The number of aromatic nitrogens is 5. The zero-order valence-electron chi connectivity index (χ0n) is 33.9. The lowest BCUT2D eigenvalue weighted by molar-refractivity contribution is 0.953. The Hall–Kier alpha value is -8.15. The average molecular weight is 794 g/mol. The van der Waals surface area contributed by atoms with Gasteiger partial charge in [0.15, 0.2) is 11.6 Å². The van der Waals surface area contributed by atoms with E-state index in [9.17, 15) is 0 Å². The van der Waals surface area contributed by atoms with Crippen LogP contribution >= 0.6 is 0 Å². The maximum Gasteiger partial charge on any atom is 0.238 e. The fourth-order valence-electron chi connectivity index (χ4n) is 9.21. The van der Waals surface area contributed by atoms with Crippen LogP contribution < -0.4 is 0 Å². The van der Waals surface area contributed by atoms with Gasteiger partial charge in [-0.05, 0) is 70.5 Å². The Bertz CT molecular complexity index is 3520. The normalized spacial score (nSPS) is 12.7. The predicted molar refractivity (Wildman–Crippen MR) is 257 cm³/mol. The number of rotatable bonds is 7. The molecule has 1 aliphatic carbocycles. The van der Waals surface area contributed by atoms with Gasteiger partial charge in [0.2, 0.25) is 5.95 Å². The Morgan fingerprint density at radius 2 is 0.790 bits per heavy atom. The third-order valence-electron chi connectivity index (χ3n) is 12.2. The molecule has 1 aliphatic rings. The van der Waals surface area contributed by atoms with E-state index in [4.69, 9.17) is 15.0 Å². The molecule has 0 unspecified atom stereocenters. The standard InChI is InChI=1S/C57H39N5/c1-4-14-38(15-5-1)40-24-26-41(27-25-40)42-28-30-45(31-29-42)56-58-55(44-18-8-3-9-19-44)59-57(60-56)62-52-23-13-11-21-48(52)50-37-36-49-47-20-10-12-22-51(47)61(53(49)54(50)62)46-34-32-43(33-35-46)39-16-6-2-7-17-39/h2-4,6-37H,1,5H2. The Kier molecular flexibility index (Phi) is 8.56. The van der Waals surface area contributed by atoms with Crippen LogP contribution in [0, 0.1) is 0 Å². The molecule has 3 aromatic heterocycles. The van der Waals surface area contributed by atoms with Gasteiger partial charge < -0.3 is 4.57 Å². The highest BCUT2D eigenvalue weighted by molar-refractivity contribution is 6.23. The lowest BCUT2D eigenvalue weighted by Gasteiger charge is -2.14. The summed E-state index contributed by atoms with van der Waals surface area (Å²) in [4.78, 5) is 15.8. The van der Waals surface area contributed by atoms with E-state index in [0.717, 1.165) is 73.4 Å². The highest BCUT2D eigenvalue weighted by atomic mass is 15.2. The molecule has 8 aromatic carbocycles. The maximum atomic E-state index is 5.36. The van der Waals surface area contributed by atoms with Gasteiger partial charge in [0.05, 0.1) is 22.1 Å². The van der Waals surface area contributed by atoms with E-state index in [-0.39, 0.29) is 0 Å². The van der Waals surface area contributed by atoms with Gasteiger partial charge in [-0.2, -0.15) is 9.97 Å². The Morgan fingerprint density at radius 3 is 1.37 bits per heavy atom. The SMILES string of the molecule is C1=CC(c2ccc(-c3ccc(-c4nc(-c5ccccc5)nc(-n5c6ccccc6c6ccc7c8ccccc8n(-c8ccc(-c9ccccc9)cc8)c7c65)n4)cc3)cc2)=CCC1. The molecule has 12 rings (SSSR count). The van der Waals surface area contributed by atoms with E-state index in [1.807, 2.05) is 18.2 Å². The molecule has 0 aliphatic heterocycles. The molecule has 62 heavy (non-hydrogen) atoms. The molecule has 0 saturated heterocycles. The molecule has 292 valence electrons. The van der Waals surface area contributed by atoms with Crippen LogP contribution in [0.2, 0.25) is 0 Å². The number of allylic oxidation sites excluding steroid dienone is 4. The molecule has 0 saturated carbocycles. The Morgan fingerprint density at radius 1 is 0.339 bits per heavy atom. The van der Waals surface area contributed by atoms with Crippen LogP contribution in [0.3, 0.4) is 0 Å². The van der Waals surface area contributed by atoms with Crippen LogP contribution in [0.1, 0.15) is 18.4 Å². The van der Waals surface area contributed by atoms with E-state index in [1.165, 1.54) is 33.2 Å². The third kappa shape index (κ3) is 6.05. The molecule has 0 fully saturated rings. The van der Waals surface area contributed by atoms with Crippen LogP contribution in [-0.2, 0) is 0 Å². The molecular formula is C57H39N5. The summed E-state index contributed by atoms with van der Waals surface area (Å²) in [6.07, 6.45) is 9.01. The van der Waals surface area contributed by atoms with Crippen molar-refractivity contribution in [2.45, 2.75) is 12.8 Å². The van der Waals surface area contributed by atoms with Gasteiger partial charge in [0, 0.05) is 38.4 Å². The van der Waals surface area contributed by atoms with Gasteiger partial charge in [-0.15, -0.1) is 0 Å². The van der Waals surface area contributed by atoms with Gasteiger partial charge in [-0.1, -0.05) is 188 Å². The molecule has 0 amide bonds. The second-order valence-corrected chi connectivity index (χ2v) is 15.9. The lowest BCUT2D eigenvalue weighted by atomic mass is 9.96. The quantitative estimate of drug-likeness (QED) is 0.161. The second-order valence-electron chi connectivity index (χ2n) is 15.9. The van der Waals surface area contributed by atoms with Gasteiger partial charge in [0.25, 0.3) is 0 Å². The minimum Gasteiger partial charge on any atom is -0.307 e. The van der Waals surface area contributed by atoms with Crippen LogP contribution in [0.5, 0.6) is 0 Å². The first-order chi connectivity index (χ1) is 30.7. The zero-order valence-corrected chi connectivity index (χ0v) is 33.9. The van der Waals surface area contributed by atoms with Crippen LogP contribution in [0.15, 0.2) is 212 Å². The van der Waals surface area contributed by atoms with Gasteiger partial charge in [0.1, 0.15) is 0 Å². The number of hydrogen-bond acceptors (Lipinski definition) is 3. The molecule has 0 N–H and O–H groups in total. The monoisotopic (exact) mass is 793 g/mol. The lowest BCUT2D eigenvalue weighted by Crippen LogP contribution is -2.07. The highest BCUT2D eigenvalue weighted by Gasteiger charge is 2.23. The van der Waals surface area contributed by atoms with Crippen LogP contribution in [-0.4, -0.2) is 24.1 Å². The first-order valence-electron chi connectivity index (χ1n) is 21.3. The topological polar surface area (TPSA) is 48.5 Å². The van der Waals surface area contributed by atoms with Crippen molar-refractivity contribution in [2.24, 2.45) is 0 Å². The highest BCUT2D eigenvalue weighted by Crippen LogP contribution is 2.42. The van der Waals surface area contributed by atoms with Crippen molar-refractivity contribution in [3.8, 4) is 56.7 Å². The zero-order chi connectivity index (χ0) is 41.0. The Labute approximate surface area is 359 Å². The van der Waals surface area contributed by atoms with Crippen molar-refractivity contribution in [1.29, 1.82) is 0 Å². The molecular weight excluding hydrogens is 755 g/mol. The van der Waals surface area contributed by atoms with Gasteiger partial charge in [-0.3, -0.25) is 4.57 Å². The predicted octanol–water partition coefficient (Wildman–Crippen LogP) is 14.5. The summed E-state index contributed by atoms with van der Waals surface area (Å²) in [7, 11) is 0. The molecule has 0 atom stereocenters. The van der Waals surface area contributed by atoms with Crippen molar-refractivity contribution >= 4 is 49.2 Å². The van der Waals surface area contributed by atoms with E-state index in [0.29, 0.717) is 17.6 Å². The average Bonchev–Trinajstić information content (AvgIpc) is 3.88. The largest absolute Gasteiger partial charge is 0.307 e. The maximum absolute atomic E-state index is 5.36. The van der Waals surface area contributed by atoms with Crippen molar-refractivity contribution in [1.82, 2.24) is 24.1 Å². The summed E-state index contributed by atoms with van der Waals surface area (Å²) in [6, 6.07) is 69.0. The van der Waals surface area contributed by atoms with Crippen molar-refractivity contribution in [2.75, 3.05) is 0 Å². The summed E-state index contributed by atoms with van der Waals surface area (Å²) < 4.78 is 4.66. The minimum atomic E-state index is 0.564. The summed E-state index contributed by atoms with van der Waals surface area (Å²) in [5.41, 5.74) is 14.5. The molecule has 0 radical (unpaired) electrons. The number of benzene rings is 8. The number of hydrogen-bond donors (Lipinski definition) is 0. The van der Waals surface area contributed by atoms with Crippen molar-refractivity contribution < 1.29 is 0 Å². The fraction of sp³-hybridized carbons (Fsp3) is 0.0351. The Balaban J connectivity index is 1.06. The number of nitrogens with zero attached hydrogens (tertiary/aromatic N) is 5. The molecule has 5 nitrogen and oxygen atoms in total. The number of para-hydroxylation sites is 2. The minimum absolute atomic E-state index is 0.564. The van der Waals surface area contributed by atoms with Crippen molar-refractivity contribution in [3.63, 3.8) is 0 Å². The number of fused-ring (bicyclic) bond motifs is 7. The summed E-state index contributed by atoms with van der Waals surface area (Å²) in [5, 5.41) is 4.62. The third-order valence-corrected chi connectivity index (χ3v) is 12.2. The van der Waals surface area contributed by atoms with Crippen LogP contribution in [0.25, 0.3) is 106 Å². The first kappa shape index (κ1) is 35.8. The van der Waals surface area contributed by atoms with Crippen LogP contribution in [0.4, 0.5) is 0 Å². The molecule has 0 spiro atoms. The second kappa shape index (κ2) is 14.8. The molecule has 5 heteroatoms. The van der Waals surface area contributed by atoms with Crippen molar-refractivity contribution in [3.05, 3.63) is 218 Å². The molecule has 11 aromatic rings. The summed E-state index contributed by atoms with van der Waals surface area (Å²) >= 11 is 0. The van der Waals surface area contributed by atoms with E-state index in [1.54, 1.807) is 0 Å². The molecule has 0 bridgehead atoms. The smallest absolute Gasteiger partial charge is 0.238 e. The fourth-order valence-corrected chi connectivity index (χ4v) is 9.21.